The Labute approximate surface area is 225 Å². The summed E-state index contributed by atoms with van der Waals surface area (Å²) in [6.07, 6.45) is 3.16. The van der Waals surface area contributed by atoms with E-state index in [9.17, 15) is 24.6 Å². The summed E-state index contributed by atoms with van der Waals surface area (Å²) >= 11 is 14.0. The summed E-state index contributed by atoms with van der Waals surface area (Å²) in [7, 11) is 0. The molecule has 12 heteroatoms. The zero-order valence-corrected chi connectivity index (χ0v) is 23.0. The van der Waals surface area contributed by atoms with Crippen LogP contribution in [0, 0.1) is 5.92 Å². The predicted molar refractivity (Wildman–Crippen MR) is 141 cm³/mol. The monoisotopic (exact) mass is 561 g/mol. The molecule has 1 aromatic rings. The number of amides is 3. The number of hydrogen-bond donors (Lipinski definition) is 4. The molecule has 3 amide bonds. The highest BCUT2D eigenvalue weighted by Crippen LogP contribution is 2.35. The number of carbonyl (C=O) groups is 3. The van der Waals surface area contributed by atoms with Crippen molar-refractivity contribution in [3.8, 4) is 0 Å². The van der Waals surface area contributed by atoms with Crippen molar-refractivity contribution >= 4 is 58.9 Å². The molecule has 1 aromatic carbocycles. The fourth-order valence-electron chi connectivity index (χ4n) is 3.50. The number of piperidine rings is 1. The van der Waals surface area contributed by atoms with Crippen LogP contribution in [-0.2, 0) is 14.3 Å². The summed E-state index contributed by atoms with van der Waals surface area (Å²) in [5.41, 5.74) is -0.0740. The van der Waals surface area contributed by atoms with E-state index >= 15 is 0 Å². The zero-order valence-electron chi connectivity index (χ0n) is 20.7. The van der Waals surface area contributed by atoms with Gasteiger partial charge in [0, 0.05) is 36.5 Å². The number of aliphatic hydroxyl groups is 2. The second-order valence-electron chi connectivity index (χ2n) is 9.33. The van der Waals surface area contributed by atoms with Crippen LogP contribution in [-0.4, -0.2) is 76.8 Å². The Balaban J connectivity index is 1.87. The number of nitrogens with one attached hydrogen (secondary N) is 2. The van der Waals surface area contributed by atoms with E-state index in [0.29, 0.717) is 41.5 Å². The molecular weight excluding hydrogens is 529 g/mol. The zero-order chi connectivity index (χ0) is 27.0. The molecule has 1 aliphatic heterocycles. The third kappa shape index (κ3) is 9.15. The Morgan fingerprint density at radius 1 is 1.19 bits per heavy atom. The van der Waals surface area contributed by atoms with Crippen molar-refractivity contribution < 1.29 is 29.3 Å². The minimum atomic E-state index is -1.87. The summed E-state index contributed by atoms with van der Waals surface area (Å²) in [6.45, 7) is 5.62. The highest BCUT2D eigenvalue weighted by Gasteiger charge is 2.30. The minimum Gasteiger partial charge on any atom is -0.444 e. The highest BCUT2D eigenvalue weighted by molar-refractivity contribution is 7.98. The van der Waals surface area contributed by atoms with Crippen molar-refractivity contribution in [3.63, 3.8) is 0 Å². The fraction of sp³-hybridized carbons (Fsp3) is 0.542. The van der Waals surface area contributed by atoms with Crippen molar-refractivity contribution in [2.45, 2.75) is 56.4 Å². The molecule has 4 N–H and O–H groups in total. The number of benzene rings is 1. The topological polar surface area (TPSA) is 128 Å². The number of thioether (sulfide) groups is 1. The number of halogens is 2. The first-order valence-corrected chi connectivity index (χ1v) is 13.4. The van der Waals surface area contributed by atoms with Gasteiger partial charge in [-0.25, -0.2) is 4.79 Å². The summed E-state index contributed by atoms with van der Waals surface area (Å²) in [4.78, 5) is 39.6. The van der Waals surface area contributed by atoms with Gasteiger partial charge in [0.25, 0.3) is 0 Å². The highest BCUT2D eigenvalue weighted by atomic mass is 35.5. The number of carbonyl (C=O) groups excluding carboxylic acids is 3. The maximum absolute atomic E-state index is 12.7. The van der Waals surface area contributed by atoms with Crippen LogP contribution in [0.25, 0.3) is 6.08 Å². The van der Waals surface area contributed by atoms with Gasteiger partial charge >= 0.3 is 6.09 Å². The maximum Gasteiger partial charge on any atom is 0.407 e. The van der Waals surface area contributed by atoms with Crippen LogP contribution >= 0.6 is 35.0 Å². The van der Waals surface area contributed by atoms with E-state index in [4.69, 9.17) is 27.9 Å². The number of alkyl carbamates (subject to hydrolysis) is 1. The molecule has 0 saturated carbocycles. The number of ether oxygens (including phenoxy) is 1. The molecule has 0 spiro atoms. The summed E-state index contributed by atoms with van der Waals surface area (Å²) < 4.78 is 5.11. The number of aliphatic hydroxyl groups excluding tert-OH is 1. The van der Waals surface area contributed by atoms with Gasteiger partial charge in [0.1, 0.15) is 5.60 Å². The van der Waals surface area contributed by atoms with Crippen molar-refractivity contribution in [2.75, 3.05) is 25.9 Å². The van der Waals surface area contributed by atoms with E-state index in [-0.39, 0.29) is 18.4 Å². The normalized spacial score (nSPS) is 15.8. The summed E-state index contributed by atoms with van der Waals surface area (Å²) in [6, 6.07) is 2.53. The first-order chi connectivity index (χ1) is 16.8. The van der Waals surface area contributed by atoms with Crippen LogP contribution in [0.4, 0.5) is 4.79 Å². The smallest absolute Gasteiger partial charge is 0.407 e. The van der Waals surface area contributed by atoms with E-state index in [1.807, 2.05) is 12.3 Å². The molecule has 9 nitrogen and oxygen atoms in total. The van der Waals surface area contributed by atoms with Crippen LogP contribution in [0.5, 0.6) is 0 Å². The number of likely N-dealkylation sites (tertiary alicyclic amines) is 1. The van der Waals surface area contributed by atoms with Crippen molar-refractivity contribution in [1.82, 2.24) is 15.5 Å². The van der Waals surface area contributed by atoms with Gasteiger partial charge in [-0.15, -0.1) is 11.8 Å². The van der Waals surface area contributed by atoms with Gasteiger partial charge in [-0.05, 0) is 57.6 Å². The van der Waals surface area contributed by atoms with Crippen molar-refractivity contribution in [2.24, 2.45) is 5.92 Å². The standard InChI is InChI=1S/C24H33Cl2N3O6S/c1-24(2,3)35-23(34)27-13-16(22(32)33)28-21(31)15-9-11-29(12-10-15)18(30)8-6-14-5-7-17(36-4)20(26)19(14)25/h5-8,15-16,22,32-33H,9-13H2,1-4H3,(H,27,34)(H,28,31)/b8-6+/t16-/m0/s1. The van der Waals surface area contributed by atoms with Crippen molar-refractivity contribution in [3.05, 3.63) is 33.8 Å². The van der Waals surface area contributed by atoms with Gasteiger partial charge in [0.15, 0.2) is 6.29 Å². The van der Waals surface area contributed by atoms with Gasteiger partial charge in [-0.3, -0.25) is 9.59 Å². The second kappa shape index (κ2) is 13.5. The molecule has 1 heterocycles. The molecule has 1 aliphatic rings. The SMILES string of the molecule is CSc1ccc(/C=C/C(=O)N2CCC(C(=O)N[C@@H](CNC(=O)OC(C)(C)C)C(O)O)CC2)c(Cl)c1Cl. The number of rotatable bonds is 8. The molecular formula is C24H33Cl2N3O6S. The number of hydrogen-bond acceptors (Lipinski definition) is 7. The predicted octanol–water partition coefficient (Wildman–Crippen LogP) is 3.29. The molecule has 36 heavy (non-hydrogen) atoms. The van der Waals surface area contributed by atoms with Crippen LogP contribution in [0.3, 0.4) is 0 Å². The first kappa shape index (κ1) is 30.2. The van der Waals surface area contributed by atoms with E-state index in [0.717, 1.165) is 4.90 Å². The lowest BCUT2D eigenvalue weighted by molar-refractivity contribution is -0.135. The Kier molecular flexibility index (Phi) is 11.4. The third-order valence-electron chi connectivity index (χ3n) is 5.43. The second-order valence-corrected chi connectivity index (χ2v) is 10.9. The summed E-state index contributed by atoms with van der Waals surface area (Å²) in [5.74, 6) is -0.995. The molecule has 0 bridgehead atoms. The Morgan fingerprint density at radius 2 is 1.83 bits per heavy atom. The molecule has 0 aliphatic carbocycles. The Hall–Kier alpha value is -1.98. The van der Waals surface area contributed by atoms with Gasteiger partial charge in [0.2, 0.25) is 11.8 Å². The molecule has 1 atom stereocenters. The Bertz CT molecular complexity index is 975. The first-order valence-electron chi connectivity index (χ1n) is 11.4. The number of nitrogens with zero attached hydrogens (tertiary/aromatic N) is 1. The van der Waals surface area contributed by atoms with Gasteiger partial charge in [0.05, 0.1) is 16.1 Å². The van der Waals surface area contributed by atoms with Gasteiger partial charge in [-0.1, -0.05) is 29.3 Å². The quantitative estimate of drug-likeness (QED) is 0.218. The van der Waals surface area contributed by atoms with Crippen molar-refractivity contribution in [1.29, 1.82) is 0 Å². The van der Waals surface area contributed by atoms with Gasteiger partial charge < -0.3 is 30.5 Å². The lowest BCUT2D eigenvalue weighted by Gasteiger charge is -2.32. The van der Waals surface area contributed by atoms with E-state index in [2.05, 4.69) is 10.6 Å². The average Bonchev–Trinajstić information content (AvgIpc) is 2.81. The molecule has 2 rings (SSSR count). The molecule has 0 radical (unpaired) electrons. The lowest BCUT2D eigenvalue weighted by atomic mass is 9.95. The third-order valence-corrected chi connectivity index (χ3v) is 7.22. The van der Waals surface area contributed by atoms with E-state index in [1.54, 1.807) is 37.8 Å². The molecule has 1 saturated heterocycles. The summed E-state index contributed by atoms with van der Waals surface area (Å²) in [5, 5.41) is 25.0. The lowest BCUT2D eigenvalue weighted by Crippen LogP contribution is -2.53. The van der Waals surface area contributed by atoms with Crippen LogP contribution in [0.15, 0.2) is 23.1 Å². The van der Waals surface area contributed by atoms with Crippen LogP contribution in [0.1, 0.15) is 39.2 Å². The van der Waals surface area contributed by atoms with Crippen LogP contribution < -0.4 is 10.6 Å². The maximum atomic E-state index is 12.7. The van der Waals surface area contributed by atoms with Gasteiger partial charge in [-0.2, -0.15) is 0 Å². The Morgan fingerprint density at radius 3 is 2.39 bits per heavy atom. The molecule has 0 unspecified atom stereocenters. The van der Waals surface area contributed by atoms with E-state index in [1.165, 1.54) is 17.8 Å². The molecule has 200 valence electrons. The fourth-order valence-corrected chi connectivity index (χ4v) is 4.67. The van der Waals surface area contributed by atoms with E-state index < -0.39 is 29.9 Å². The average molecular weight is 563 g/mol. The largest absolute Gasteiger partial charge is 0.444 e. The van der Waals surface area contributed by atoms with Crippen LogP contribution in [0.2, 0.25) is 10.0 Å². The molecule has 0 aromatic heterocycles. The molecule has 1 fully saturated rings. The minimum absolute atomic E-state index is 0.208.